The van der Waals surface area contributed by atoms with Crippen molar-refractivity contribution >= 4 is 11.0 Å². The maximum absolute atomic E-state index is 11.6. The van der Waals surface area contributed by atoms with Crippen LogP contribution in [-0.2, 0) is 0 Å². The molecule has 94 valence electrons. The molecule has 0 saturated heterocycles. The van der Waals surface area contributed by atoms with E-state index in [1.165, 1.54) is 18.2 Å². The van der Waals surface area contributed by atoms with Crippen molar-refractivity contribution in [1.82, 2.24) is 0 Å². The van der Waals surface area contributed by atoms with Crippen molar-refractivity contribution < 1.29 is 14.6 Å². The van der Waals surface area contributed by atoms with E-state index < -0.39 is 5.63 Å². The third-order valence-electron chi connectivity index (χ3n) is 2.94. The number of phenolic OH excluding ortho intramolecular Hbond substituents is 2. The Kier molecular flexibility index (Phi) is 2.49. The van der Waals surface area contributed by atoms with E-state index >= 15 is 0 Å². The summed E-state index contributed by atoms with van der Waals surface area (Å²) in [7, 11) is 0. The third-order valence-corrected chi connectivity index (χ3v) is 2.94. The number of fused-ring (bicyclic) bond motifs is 1. The van der Waals surface area contributed by atoms with Gasteiger partial charge < -0.3 is 14.6 Å². The molecule has 0 fully saturated rings. The molecule has 0 saturated carbocycles. The predicted octanol–water partition coefficient (Wildman–Crippen LogP) is 2.87. The Bertz CT molecular complexity index is 818. The fourth-order valence-corrected chi connectivity index (χ4v) is 2.12. The zero-order chi connectivity index (χ0) is 13.4. The van der Waals surface area contributed by atoms with E-state index in [2.05, 4.69) is 0 Å². The van der Waals surface area contributed by atoms with E-state index in [0.29, 0.717) is 16.5 Å². The normalized spacial score (nSPS) is 10.7. The number of rotatable bonds is 1. The van der Waals surface area contributed by atoms with Gasteiger partial charge in [-0.05, 0) is 18.2 Å². The van der Waals surface area contributed by atoms with Crippen LogP contribution in [0.25, 0.3) is 22.1 Å². The number of phenols is 2. The highest BCUT2D eigenvalue weighted by molar-refractivity contribution is 5.98. The van der Waals surface area contributed by atoms with Crippen LogP contribution in [0.2, 0.25) is 0 Å². The summed E-state index contributed by atoms with van der Waals surface area (Å²) in [5, 5.41) is 20.2. The van der Waals surface area contributed by atoms with Crippen LogP contribution in [0.5, 0.6) is 11.5 Å². The maximum atomic E-state index is 11.6. The summed E-state index contributed by atoms with van der Waals surface area (Å²) in [4.78, 5) is 11.6. The highest BCUT2D eigenvalue weighted by atomic mass is 16.4. The van der Waals surface area contributed by atoms with Crippen molar-refractivity contribution in [2.45, 2.75) is 0 Å². The number of hydrogen-bond acceptors (Lipinski definition) is 4. The first kappa shape index (κ1) is 11.3. The van der Waals surface area contributed by atoms with Crippen LogP contribution in [0, 0.1) is 0 Å². The standard InChI is InChI=1S/C15H10O4/c16-11-5-2-1-4-9(11)10-8-14(18)19-13-7-3-6-12(17)15(10)13/h1-8,16-17H. The van der Waals surface area contributed by atoms with Crippen molar-refractivity contribution in [3.8, 4) is 22.6 Å². The molecule has 0 unspecified atom stereocenters. The van der Waals surface area contributed by atoms with Crippen LogP contribution >= 0.6 is 0 Å². The predicted molar refractivity (Wildman–Crippen MR) is 71.2 cm³/mol. The van der Waals surface area contributed by atoms with Crippen molar-refractivity contribution in [3.05, 3.63) is 59.0 Å². The average molecular weight is 254 g/mol. The Hall–Kier alpha value is -2.75. The average Bonchev–Trinajstić information content (AvgIpc) is 2.38. The molecule has 1 aromatic heterocycles. The number of aromatic hydroxyl groups is 2. The summed E-state index contributed by atoms with van der Waals surface area (Å²) in [5.41, 5.74) is 0.673. The van der Waals surface area contributed by atoms with E-state index in [9.17, 15) is 15.0 Å². The molecule has 3 aromatic rings. The van der Waals surface area contributed by atoms with Crippen molar-refractivity contribution in [1.29, 1.82) is 0 Å². The fourth-order valence-electron chi connectivity index (χ4n) is 2.12. The van der Waals surface area contributed by atoms with Gasteiger partial charge in [-0.1, -0.05) is 24.3 Å². The number of para-hydroxylation sites is 1. The van der Waals surface area contributed by atoms with Gasteiger partial charge in [-0.2, -0.15) is 0 Å². The molecule has 4 nitrogen and oxygen atoms in total. The van der Waals surface area contributed by atoms with Crippen LogP contribution in [0.15, 0.2) is 57.7 Å². The van der Waals surface area contributed by atoms with Gasteiger partial charge in [0.25, 0.3) is 0 Å². The van der Waals surface area contributed by atoms with Crippen molar-refractivity contribution in [3.63, 3.8) is 0 Å². The van der Waals surface area contributed by atoms with E-state index in [1.807, 2.05) is 0 Å². The van der Waals surface area contributed by atoms with Gasteiger partial charge in [-0.25, -0.2) is 4.79 Å². The molecule has 0 bridgehead atoms. The van der Waals surface area contributed by atoms with Crippen LogP contribution in [-0.4, -0.2) is 10.2 Å². The van der Waals surface area contributed by atoms with Gasteiger partial charge in [0.1, 0.15) is 17.1 Å². The van der Waals surface area contributed by atoms with E-state index in [0.717, 1.165) is 0 Å². The second-order valence-electron chi connectivity index (χ2n) is 4.15. The minimum atomic E-state index is -0.531. The molecular formula is C15H10O4. The first-order chi connectivity index (χ1) is 9.16. The first-order valence-electron chi connectivity index (χ1n) is 5.71. The van der Waals surface area contributed by atoms with Gasteiger partial charge in [0, 0.05) is 17.2 Å². The lowest BCUT2D eigenvalue weighted by Crippen LogP contribution is -1.98. The molecule has 0 aliphatic carbocycles. The van der Waals surface area contributed by atoms with Crippen LogP contribution in [0.4, 0.5) is 0 Å². The summed E-state index contributed by atoms with van der Waals surface area (Å²) in [5.74, 6) is 0.0390. The van der Waals surface area contributed by atoms with E-state index in [-0.39, 0.29) is 17.1 Å². The highest BCUT2D eigenvalue weighted by Crippen LogP contribution is 2.37. The van der Waals surface area contributed by atoms with Crippen LogP contribution < -0.4 is 5.63 Å². The smallest absolute Gasteiger partial charge is 0.336 e. The monoisotopic (exact) mass is 254 g/mol. The van der Waals surface area contributed by atoms with Gasteiger partial charge in [0.2, 0.25) is 0 Å². The Labute approximate surface area is 108 Å². The number of benzene rings is 2. The Balaban J connectivity index is 2.48. The molecule has 0 atom stereocenters. The van der Waals surface area contributed by atoms with Gasteiger partial charge in [-0.15, -0.1) is 0 Å². The minimum absolute atomic E-state index is 0.000460. The van der Waals surface area contributed by atoms with E-state index in [4.69, 9.17) is 4.42 Å². The lowest BCUT2D eigenvalue weighted by molar-refractivity contribution is 0.476. The van der Waals surface area contributed by atoms with Gasteiger partial charge in [-0.3, -0.25) is 0 Å². The number of hydrogen-bond donors (Lipinski definition) is 2. The third kappa shape index (κ3) is 1.83. The summed E-state index contributed by atoms with van der Waals surface area (Å²) < 4.78 is 5.05. The Morgan fingerprint density at radius 1 is 0.842 bits per heavy atom. The summed E-state index contributed by atoms with van der Waals surface area (Å²) in [6.07, 6.45) is 0. The lowest BCUT2D eigenvalue weighted by Gasteiger charge is -2.08. The Morgan fingerprint density at radius 3 is 2.37 bits per heavy atom. The molecular weight excluding hydrogens is 244 g/mol. The molecule has 0 amide bonds. The molecule has 0 aliphatic heterocycles. The van der Waals surface area contributed by atoms with E-state index in [1.54, 1.807) is 30.3 Å². The first-order valence-corrected chi connectivity index (χ1v) is 5.71. The summed E-state index contributed by atoms with van der Waals surface area (Å²) in [6.45, 7) is 0. The molecule has 4 heteroatoms. The zero-order valence-electron chi connectivity index (χ0n) is 9.83. The Morgan fingerprint density at radius 2 is 1.58 bits per heavy atom. The lowest BCUT2D eigenvalue weighted by atomic mass is 10.0. The molecule has 0 spiro atoms. The van der Waals surface area contributed by atoms with Gasteiger partial charge >= 0.3 is 5.63 Å². The molecule has 0 aliphatic rings. The van der Waals surface area contributed by atoms with Gasteiger partial charge in [0.05, 0.1) is 5.39 Å². The second kappa shape index (κ2) is 4.17. The minimum Gasteiger partial charge on any atom is -0.507 e. The maximum Gasteiger partial charge on any atom is 0.336 e. The van der Waals surface area contributed by atoms with Crippen molar-refractivity contribution in [2.75, 3.05) is 0 Å². The quantitative estimate of drug-likeness (QED) is 0.655. The van der Waals surface area contributed by atoms with Gasteiger partial charge in [0.15, 0.2) is 0 Å². The summed E-state index contributed by atoms with van der Waals surface area (Å²) >= 11 is 0. The highest BCUT2D eigenvalue weighted by Gasteiger charge is 2.13. The zero-order valence-corrected chi connectivity index (χ0v) is 9.83. The largest absolute Gasteiger partial charge is 0.507 e. The van der Waals surface area contributed by atoms with Crippen LogP contribution in [0.1, 0.15) is 0 Å². The molecule has 19 heavy (non-hydrogen) atoms. The molecule has 1 heterocycles. The van der Waals surface area contributed by atoms with Crippen LogP contribution in [0.3, 0.4) is 0 Å². The molecule has 0 radical (unpaired) electrons. The molecule has 3 rings (SSSR count). The molecule has 2 N–H and O–H groups in total. The topological polar surface area (TPSA) is 70.7 Å². The SMILES string of the molecule is O=c1cc(-c2ccccc2O)c2c(O)cccc2o1. The summed E-state index contributed by atoms with van der Waals surface area (Å²) in [6, 6.07) is 12.6. The molecule has 2 aromatic carbocycles. The van der Waals surface area contributed by atoms with Crippen molar-refractivity contribution in [2.24, 2.45) is 0 Å². The fraction of sp³-hybridized carbons (Fsp3) is 0. The second-order valence-corrected chi connectivity index (χ2v) is 4.15.